The quantitative estimate of drug-likeness (QED) is 0.818. The van der Waals surface area contributed by atoms with Gasteiger partial charge in [0.2, 0.25) is 5.78 Å². The van der Waals surface area contributed by atoms with Crippen LogP contribution in [0.5, 0.6) is 0 Å². The Morgan fingerprint density at radius 3 is 2.78 bits per heavy atom. The fourth-order valence-corrected chi connectivity index (χ4v) is 2.09. The molecule has 0 unspecified atom stereocenters. The number of hydrogen-bond acceptors (Lipinski definition) is 4. The van der Waals surface area contributed by atoms with Crippen molar-refractivity contribution in [3.63, 3.8) is 0 Å². The van der Waals surface area contributed by atoms with Crippen LogP contribution >= 0.6 is 0 Å². The number of rotatable bonds is 3. The van der Waals surface area contributed by atoms with Crippen molar-refractivity contribution in [1.82, 2.24) is 5.43 Å². The molecule has 1 aromatic rings. The molecule has 0 amide bonds. The van der Waals surface area contributed by atoms with Gasteiger partial charge in [-0.25, -0.2) is 4.39 Å². The van der Waals surface area contributed by atoms with Crippen LogP contribution in [-0.4, -0.2) is 30.2 Å². The van der Waals surface area contributed by atoms with Crippen molar-refractivity contribution in [1.29, 1.82) is 0 Å². The lowest BCUT2D eigenvalue weighted by Gasteiger charge is -2.12. The predicted octanol–water partition coefficient (Wildman–Crippen LogP) is 1.23. The first-order valence-corrected chi connectivity index (χ1v) is 5.85. The summed E-state index contributed by atoms with van der Waals surface area (Å²) >= 11 is 0. The van der Waals surface area contributed by atoms with Gasteiger partial charge in [0, 0.05) is 6.54 Å². The van der Waals surface area contributed by atoms with Crippen LogP contribution in [0.4, 0.5) is 4.39 Å². The fourth-order valence-electron chi connectivity index (χ4n) is 2.09. The number of hydrazone groups is 1. The topological polar surface area (TPSA) is 54.0 Å². The maximum atomic E-state index is 12.9. The van der Waals surface area contributed by atoms with E-state index in [2.05, 4.69) is 10.5 Å². The molecule has 1 aromatic carbocycles. The number of carbonyl (C=O) groups excluding carboxylic acids is 1. The van der Waals surface area contributed by atoms with Crippen molar-refractivity contribution in [2.75, 3.05) is 13.2 Å². The van der Waals surface area contributed by atoms with E-state index in [1.165, 1.54) is 12.1 Å². The Labute approximate surface area is 104 Å². The van der Waals surface area contributed by atoms with Crippen LogP contribution in [0.3, 0.4) is 0 Å². The minimum atomic E-state index is -0.705. The summed E-state index contributed by atoms with van der Waals surface area (Å²) in [5.41, 5.74) is 3.49. The van der Waals surface area contributed by atoms with Crippen LogP contribution in [0.1, 0.15) is 18.4 Å². The number of nitrogens with one attached hydrogen (secondary N) is 1. The Kier molecular flexibility index (Phi) is 2.45. The minimum absolute atomic E-state index is 0.0816. The lowest BCUT2D eigenvalue weighted by Crippen LogP contribution is -2.32. The van der Waals surface area contributed by atoms with Gasteiger partial charge in [-0.3, -0.25) is 4.79 Å². The number of Topliss-reactive ketones (excluding diaryl/α,β-unsaturated/α-hetero) is 1. The highest BCUT2D eigenvalue weighted by Gasteiger charge is 2.51. The van der Waals surface area contributed by atoms with Crippen molar-refractivity contribution in [3.05, 3.63) is 35.6 Å². The molecule has 0 bridgehead atoms. The molecule has 1 N–H and O–H groups in total. The highest BCUT2D eigenvalue weighted by Crippen LogP contribution is 2.32. The highest BCUT2D eigenvalue weighted by molar-refractivity contribution is 6.45. The third-order valence-electron chi connectivity index (χ3n) is 3.39. The zero-order valence-electron chi connectivity index (χ0n) is 9.94. The molecule has 1 saturated heterocycles. The zero-order chi connectivity index (χ0) is 12.8. The number of ether oxygens (including phenoxy) is 1. The van der Waals surface area contributed by atoms with Crippen LogP contribution in [0.15, 0.2) is 29.4 Å². The molecule has 94 valence electrons. The molecule has 0 aromatic heterocycles. The van der Waals surface area contributed by atoms with E-state index in [4.69, 9.17) is 4.74 Å². The monoisotopic (exact) mass is 248 g/mol. The summed E-state index contributed by atoms with van der Waals surface area (Å²) in [6.45, 7) is 2.77. The van der Waals surface area contributed by atoms with Gasteiger partial charge in [0.25, 0.3) is 0 Å². The molecular formula is C13H13FN2O2. The summed E-state index contributed by atoms with van der Waals surface area (Å²) in [5.74, 6) is -0.493. The number of hydrogen-bond donors (Lipinski definition) is 1. The molecule has 5 heteroatoms. The molecule has 1 fully saturated rings. The Bertz CT molecular complexity index is 520. The van der Waals surface area contributed by atoms with Gasteiger partial charge in [-0.05, 0) is 24.6 Å². The summed E-state index contributed by atoms with van der Waals surface area (Å²) in [4.78, 5) is 12.2. The maximum absolute atomic E-state index is 12.9. The van der Waals surface area contributed by atoms with Gasteiger partial charge >= 0.3 is 0 Å². The molecule has 0 radical (unpaired) electrons. The van der Waals surface area contributed by atoms with Crippen molar-refractivity contribution in [2.45, 2.75) is 18.4 Å². The van der Waals surface area contributed by atoms with Crippen LogP contribution in [-0.2, 0) is 9.53 Å². The maximum Gasteiger partial charge on any atom is 0.213 e. The Morgan fingerprint density at radius 1 is 1.50 bits per heavy atom. The van der Waals surface area contributed by atoms with Crippen molar-refractivity contribution in [3.8, 4) is 0 Å². The van der Waals surface area contributed by atoms with E-state index in [9.17, 15) is 9.18 Å². The van der Waals surface area contributed by atoms with E-state index < -0.39 is 5.60 Å². The van der Waals surface area contributed by atoms with Gasteiger partial charge in [-0.15, -0.1) is 0 Å². The molecule has 18 heavy (non-hydrogen) atoms. The number of nitrogens with zero attached hydrogens (tertiary/aromatic N) is 1. The minimum Gasteiger partial charge on any atom is -0.361 e. The molecular weight excluding hydrogens is 235 g/mol. The van der Waals surface area contributed by atoms with E-state index in [0.717, 1.165) is 5.56 Å². The van der Waals surface area contributed by atoms with E-state index in [-0.39, 0.29) is 17.5 Å². The average Bonchev–Trinajstić information content (AvgIpc) is 2.94. The molecule has 2 heterocycles. The molecule has 2 atom stereocenters. The van der Waals surface area contributed by atoms with Crippen molar-refractivity contribution in [2.24, 2.45) is 5.10 Å². The highest BCUT2D eigenvalue weighted by atomic mass is 19.1. The standard InChI is InChI=1S/C13H13FN2O2/c1-13(7-18-13)12(17)11-10(6-15-16-11)8-2-4-9(14)5-3-8/h2-5,10,15H,6-7H2,1H3/t10-,13+/m0/s1. The van der Waals surface area contributed by atoms with Crippen LogP contribution in [0, 0.1) is 5.82 Å². The second kappa shape index (κ2) is 3.88. The van der Waals surface area contributed by atoms with E-state index in [1.54, 1.807) is 19.1 Å². The lowest BCUT2D eigenvalue weighted by molar-refractivity contribution is -0.117. The molecule has 0 aliphatic carbocycles. The molecule has 2 aliphatic rings. The number of epoxide rings is 1. The molecule has 2 aliphatic heterocycles. The molecule has 4 nitrogen and oxygen atoms in total. The van der Waals surface area contributed by atoms with E-state index in [0.29, 0.717) is 18.9 Å². The van der Waals surface area contributed by atoms with E-state index in [1.807, 2.05) is 0 Å². The molecule has 0 saturated carbocycles. The first-order chi connectivity index (χ1) is 8.60. The molecule has 3 rings (SSSR count). The summed E-state index contributed by atoms with van der Waals surface area (Å²) < 4.78 is 18.1. The smallest absolute Gasteiger partial charge is 0.213 e. The second-order valence-electron chi connectivity index (χ2n) is 4.81. The van der Waals surface area contributed by atoms with Crippen LogP contribution < -0.4 is 5.43 Å². The van der Waals surface area contributed by atoms with Gasteiger partial charge in [0.1, 0.15) is 11.5 Å². The van der Waals surface area contributed by atoms with Gasteiger partial charge in [0.05, 0.1) is 12.5 Å². The fraction of sp³-hybridized carbons (Fsp3) is 0.385. The second-order valence-corrected chi connectivity index (χ2v) is 4.81. The van der Waals surface area contributed by atoms with Crippen molar-refractivity contribution >= 4 is 11.5 Å². The average molecular weight is 248 g/mol. The van der Waals surface area contributed by atoms with Gasteiger partial charge in [-0.1, -0.05) is 12.1 Å². The number of carbonyl (C=O) groups is 1. The number of ketones is 1. The first-order valence-electron chi connectivity index (χ1n) is 5.85. The Hall–Kier alpha value is -1.75. The third kappa shape index (κ3) is 1.80. The summed E-state index contributed by atoms with van der Waals surface area (Å²) in [6, 6.07) is 6.16. The predicted molar refractivity (Wildman–Crippen MR) is 63.9 cm³/mol. The number of halogens is 1. The third-order valence-corrected chi connectivity index (χ3v) is 3.39. The van der Waals surface area contributed by atoms with Crippen molar-refractivity contribution < 1.29 is 13.9 Å². The van der Waals surface area contributed by atoms with E-state index >= 15 is 0 Å². The zero-order valence-corrected chi connectivity index (χ0v) is 9.94. The Morgan fingerprint density at radius 2 is 2.17 bits per heavy atom. The van der Waals surface area contributed by atoms with Gasteiger partial charge in [-0.2, -0.15) is 5.10 Å². The summed E-state index contributed by atoms with van der Waals surface area (Å²) in [5, 5.41) is 4.07. The first kappa shape index (κ1) is 11.3. The molecule has 0 spiro atoms. The number of benzene rings is 1. The lowest BCUT2D eigenvalue weighted by atomic mass is 9.89. The normalized spacial score (nSPS) is 29.7. The SMILES string of the molecule is C[C@]1(C(=O)C2=NNC[C@H]2c2ccc(F)cc2)CO1. The van der Waals surface area contributed by atoms with Crippen LogP contribution in [0.2, 0.25) is 0 Å². The van der Waals surface area contributed by atoms with Crippen LogP contribution in [0.25, 0.3) is 0 Å². The Balaban J connectivity index is 1.87. The summed E-state index contributed by atoms with van der Waals surface area (Å²) in [7, 11) is 0. The summed E-state index contributed by atoms with van der Waals surface area (Å²) in [6.07, 6.45) is 0. The van der Waals surface area contributed by atoms with Gasteiger partial charge < -0.3 is 10.2 Å². The largest absolute Gasteiger partial charge is 0.361 e. The van der Waals surface area contributed by atoms with Gasteiger partial charge in [0.15, 0.2) is 5.60 Å².